The summed E-state index contributed by atoms with van der Waals surface area (Å²) in [5.41, 5.74) is 0. The molecule has 1 fully saturated rings. The molecule has 2 rings (SSSR count). The quantitative estimate of drug-likeness (QED) is 0.620. The molecule has 0 bridgehead atoms. The highest BCUT2D eigenvalue weighted by atomic mass is 16.2. The molecule has 2 heterocycles. The molecule has 2 amide bonds. The van der Waals surface area contributed by atoms with Crippen LogP contribution in [0.5, 0.6) is 0 Å². The maximum absolute atomic E-state index is 11.2. The number of nitrogens with one attached hydrogen (secondary N) is 2. The minimum Gasteiger partial charge on any atom is -0.337 e. The number of amides is 2. The second kappa shape index (κ2) is 3.82. The van der Waals surface area contributed by atoms with Crippen LogP contribution in [-0.4, -0.2) is 27.4 Å². The number of aryl methyl sites for hydroxylation is 1. The van der Waals surface area contributed by atoms with E-state index in [2.05, 4.69) is 15.6 Å². The van der Waals surface area contributed by atoms with Crippen molar-refractivity contribution in [3.8, 4) is 0 Å². The van der Waals surface area contributed by atoms with E-state index in [-0.39, 0.29) is 18.2 Å². The van der Waals surface area contributed by atoms with Crippen LogP contribution in [0.1, 0.15) is 12.2 Å². The number of rotatable bonds is 3. The molecule has 1 saturated heterocycles. The molecule has 1 aromatic heterocycles. The summed E-state index contributed by atoms with van der Waals surface area (Å²) in [5.74, 6) is 0.355. The Balaban J connectivity index is 1.91. The molecule has 0 radical (unpaired) electrons. The van der Waals surface area contributed by atoms with E-state index in [1.807, 2.05) is 17.8 Å². The highest BCUT2D eigenvalue weighted by Gasteiger charge is 2.29. The second-order valence-corrected chi connectivity index (χ2v) is 3.50. The average Bonchev–Trinajstić information content (AvgIpc) is 2.70. The molecule has 1 unspecified atom stereocenters. The Kier molecular flexibility index (Phi) is 2.51. The summed E-state index contributed by atoms with van der Waals surface area (Å²) in [6.07, 6.45) is 3.73. The molecule has 0 saturated carbocycles. The number of hydrogen-bond donors (Lipinski definition) is 2. The van der Waals surface area contributed by atoms with Crippen molar-refractivity contribution in [2.45, 2.75) is 19.0 Å². The van der Waals surface area contributed by atoms with Gasteiger partial charge in [-0.3, -0.25) is 20.2 Å². The third-order valence-electron chi connectivity index (χ3n) is 2.40. The molecule has 0 aliphatic carbocycles. The molecule has 0 aromatic carbocycles. The molecule has 6 heteroatoms. The Morgan fingerprint density at radius 3 is 3.00 bits per heavy atom. The lowest BCUT2D eigenvalue weighted by Gasteiger charge is -2.08. The van der Waals surface area contributed by atoms with Gasteiger partial charge in [-0.25, -0.2) is 4.98 Å². The minimum absolute atomic E-state index is 0.212. The van der Waals surface area contributed by atoms with Crippen molar-refractivity contribution in [2.75, 3.05) is 0 Å². The second-order valence-electron chi connectivity index (χ2n) is 3.50. The van der Waals surface area contributed by atoms with Gasteiger partial charge in [0.15, 0.2) is 0 Å². The normalized spacial score (nSPS) is 20.7. The largest absolute Gasteiger partial charge is 0.337 e. The summed E-state index contributed by atoms with van der Waals surface area (Å²) in [5, 5.41) is 5.23. The van der Waals surface area contributed by atoms with E-state index in [4.69, 9.17) is 0 Å². The number of carbonyl (C=O) groups is 2. The van der Waals surface area contributed by atoms with Crippen LogP contribution in [0.25, 0.3) is 0 Å². The number of carbonyl (C=O) groups excluding carboxylic acids is 2. The molecule has 2 N–H and O–H groups in total. The number of imidazole rings is 1. The van der Waals surface area contributed by atoms with Crippen LogP contribution < -0.4 is 10.6 Å². The number of hydrogen-bond acceptors (Lipinski definition) is 4. The molecule has 1 atom stereocenters. The maximum atomic E-state index is 11.2. The molecule has 1 aliphatic heterocycles. The van der Waals surface area contributed by atoms with Crippen molar-refractivity contribution >= 4 is 11.8 Å². The van der Waals surface area contributed by atoms with Gasteiger partial charge in [-0.15, -0.1) is 0 Å². The van der Waals surface area contributed by atoms with Gasteiger partial charge in [-0.1, -0.05) is 0 Å². The van der Waals surface area contributed by atoms with Gasteiger partial charge in [-0.2, -0.15) is 0 Å². The van der Waals surface area contributed by atoms with Crippen LogP contribution in [0.15, 0.2) is 12.4 Å². The summed E-state index contributed by atoms with van der Waals surface area (Å²) in [4.78, 5) is 26.2. The van der Waals surface area contributed by atoms with Crippen molar-refractivity contribution < 1.29 is 9.59 Å². The van der Waals surface area contributed by atoms with Gasteiger partial charge in [0, 0.05) is 19.4 Å². The lowest BCUT2D eigenvalue weighted by atomic mass is 10.2. The van der Waals surface area contributed by atoms with E-state index in [1.54, 1.807) is 6.20 Å². The summed E-state index contributed by atoms with van der Waals surface area (Å²) >= 11 is 0. The van der Waals surface area contributed by atoms with Gasteiger partial charge in [0.05, 0.1) is 19.0 Å². The molecule has 1 aromatic rings. The SMILES string of the molecule is Cn1ccnc1CNC1CC(=O)NC1=O. The van der Waals surface area contributed by atoms with Crippen LogP contribution in [0.3, 0.4) is 0 Å². The third-order valence-corrected chi connectivity index (χ3v) is 2.40. The third kappa shape index (κ3) is 2.04. The zero-order valence-corrected chi connectivity index (χ0v) is 8.36. The zero-order chi connectivity index (χ0) is 10.8. The van der Waals surface area contributed by atoms with Gasteiger partial charge in [0.1, 0.15) is 5.82 Å². The lowest BCUT2D eigenvalue weighted by Crippen LogP contribution is -2.36. The summed E-state index contributed by atoms with van der Waals surface area (Å²) in [6.45, 7) is 0.481. The molecular weight excluding hydrogens is 196 g/mol. The highest BCUT2D eigenvalue weighted by molar-refractivity contribution is 6.05. The molecule has 6 nitrogen and oxygen atoms in total. The van der Waals surface area contributed by atoms with Crippen LogP contribution in [0.4, 0.5) is 0 Å². The fraction of sp³-hybridized carbons (Fsp3) is 0.444. The Hall–Kier alpha value is -1.69. The van der Waals surface area contributed by atoms with Crippen molar-refractivity contribution in [1.29, 1.82) is 0 Å². The van der Waals surface area contributed by atoms with E-state index in [0.717, 1.165) is 5.82 Å². The van der Waals surface area contributed by atoms with E-state index in [1.165, 1.54) is 0 Å². The molecule has 15 heavy (non-hydrogen) atoms. The smallest absolute Gasteiger partial charge is 0.244 e. The van der Waals surface area contributed by atoms with Crippen molar-refractivity contribution in [1.82, 2.24) is 20.2 Å². The molecule has 1 aliphatic rings. The first-order chi connectivity index (χ1) is 7.16. The molecule has 0 spiro atoms. The van der Waals surface area contributed by atoms with Crippen molar-refractivity contribution in [3.63, 3.8) is 0 Å². The van der Waals surface area contributed by atoms with E-state index >= 15 is 0 Å². The lowest BCUT2D eigenvalue weighted by molar-refractivity contribution is -0.125. The van der Waals surface area contributed by atoms with Gasteiger partial charge in [0.2, 0.25) is 11.8 Å². The average molecular weight is 208 g/mol. The maximum Gasteiger partial charge on any atom is 0.244 e. The van der Waals surface area contributed by atoms with Crippen molar-refractivity contribution in [2.24, 2.45) is 7.05 Å². The van der Waals surface area contributed by atoms with Crippen molar-refractivity contribution in [3.05, 3.63) is 18.2 Å². The molecular formula is C9H12N4O2. The standard InChI is InChI=1S/C9H12N4O2/c1-13-3-2-10-7(13)5-11-6-4-8(14)12-9(6)15/h2-3,6,11H,4-5H2,1H3,(H,12,14,15). The fourth-order valence-corrected chi connectivity index (χ4v) is 1.50. The predicted molar refractivity (Wildman–Crippen MR) is 51.6 cm³/mol. The van der Waals surface area contributed by atoms with E-state index < -0.39 is 6.04 Å². The van der Waals surface area contributed by atoms with Crippen LogP contribution in [-0.2, 0) is 23.2 Å². The van der Waals surface area contributed by atoms with E-state index in [0.29, 0.717) is 6.54 Å². The number of aromatic nitrogens is 2. The fourth-order valence-electron chi connectivity index (χ4n) is 1.50. The Labute approximate surface area is 86.7 Å². The summed E-state index contributed by atoms with van der Waals surface area (Å²) < 4.78 is 1.86. The van der Waals surface area contributed by atoms with Crippen LogP contribution in [0, 0.1) is 0 Å². The Morgan fingerprint density at radius 1 is 1.67 bits per heavy atom. The Bertz CT molecular complexity index is 399. The minimum atomic E-state index is -0.422. The van der Waals surface area contributed by atoms with Gasteiger partial charge >= 0.3 is 0 Å². The number of nitrogens with zero attached hydrogens (tertiary/aromatic N) is 2. The Morgan fingerprint density at radius 2 is 2.47 bits per heavy atom. The first kappa shape index (κ1) is 9.85. The number of imide groups is 1. The zero-order valence-electron chi connectivity index (χ0n) is 8.36. The summed E-state index contributed by atoms with van der Waals surface area (Å²) in [7, 11) is 1.88. The molecule has 80 valence electrons. The van der Waals surface area contributed by atoms with Gasteiger partial charge in [-0.05, 0) is 0 Å². The van der Waals surface area contributed by atoms with Crippen LogP contribution in [0.2, 0.25) is 0 Å². The monoisotopic (exact) mass is 208 g/mol. The van der Waals surface area contributed by atoms with Crippen LogP contribution >= 0.6 is 0 Å². The van der Waals surface area contributed by atoms with E-state index in [9.17, 15) is 9.59 Å². The predicted octanol–water partition coefficient (Wildman–Crippen LogP) is -1.08. The highest BCUT2D eigenvalue weighted by Crippen LogP contribution is 2.02. The topological polar surface area (TPSA) is 76.0 Å². The van der Waals surface area contributed by atoms with Gasteiger partial charge < -0.3 is 4.57 Å². The summed E-state index contributed by atoms with van der Waals surface area (Å²) in [6, 6.07) is -0.422. The first-order valence-corrected chi connectivity index (χ1v) is 4.70. The van der Waals surface area contributed by atoms with Gasteiger partial charge in [0.25, 0.3) is 0 Å². The first-order valence-electron chi connectivity index (χ1n) is 4.70.